The van der Waals surface area contributed by atoms with Crippen LogP contribution < -0.4 is 20.3 Å². The molecule has 0 unspecified atom stereocenters. The van der Waals surface area contributed by atoms with Gasteiger partial charge in [0.25, 0.3) is 5.56 Å². The number of aromatic nitrogens is 2. The Kier molecular flexibility index (Phi) is 4.18. The Morgan fingerprint density at radius 1 is 1.19 bits per heavy atom. The fraction of sp³-hybridized carbons (Fsp3) is 0.118. The maximum absolute atomic E-state index is 12.6. The number of fused-ring (bicyclic) bond motifs is 2. The summed E-state index contributed by atoms with van der Waals surface area (Å²) in [4.78, 5) is 29.0. The number of nitrogens with one attached hydrogen (secondary N) is 1. The highest BCUT2D eigenvalue weighted by Crippen LogP contribution is 2.34. The second-order valence-corrected chi connectivity index (χ2v) is 6.42. The number of carbonyl (C=O) groups excluding carboxylic acids is 1. The molecule has 132 valence electrons. The number of hydrogen-bond donors (Lipinski definition) is 1. The van der Waals surface area contributed by atoms with Gasteiger partial charge < -0.3 is 14.8 Å². The molecule has 26 heavy (non-hydrogen) atoms. The summed E-state index contributed by atoms with van der Waals surface area (Å²) in [6.07, 6.45) is 1.28. The van der Waals surface area contributed by atoms with E-state index in [-0.39, 0.29) is 29.7 Å². The maximum atomic E-state index is 12.6. The zero-order valence-corrected chi connectivity index (χ0v) is 14.7. The molecular formula is C17H11Cl2N3O4. The minimum absolute atomic E-state index is 0.149. The smallest absolute Gasteiger partial charge is 0.261 e. The van der Waals surface area contributed by atoms with Gasteiger partial charge in [-0.1, -0.05) is 23.2 Å². The zero-order valence-electron chi connectivity index (χ0n) is 13.2. The molecule has 4 rings (SSSR count). The van der Waals surface area contributed by atoms with Crippen molar-refractivity contribution in [2.45, 2.75) is 6.54 Å². The first kappa shape index (κ1) is 16.7. The molecule has 7 nitrogen and oxygen atoms in total. The van der Waals surface area contributed by atoms with Crippen molar-refractivity contribution in [1.82, 2.24) is 9.55 Å². The molecule has 0 spiro atoms. The van der Waals surface area contributed by atoms with E-state index >= 15 is 0 Å². The molecule has 1 amide bonds. The van der Waals surface area contributed by atoms with Crippen molar-refractivity contribution in [1.29, 1.82) is 0 Å². The molecule has 0 fully saturated rings. The Labute approximate surface area is 157 Å². The number of rotatable bonds is 3. The van der Waals surface area contributed by atoms with Crippen LogP contribution in [0.1, 0.15) is 0 Å². The zero-order chi connectivity index (χ0) is 18.3. The van der Waals surface area contributed by atoms with Crippen LogP contribution in [0.5, 0.6) is 11.5 Å². The number of anilines is 1. The fourth-order valence-corrected chi connectivity index (χ4v) is 3.18. The maximum Gasteiger partial charge on any atom is 0.261 e. The highest BCUT2D eigenvalue weighted by molar-refractivity contribution is 6.38. The largest absolute Gasteiger partial charge is 0.454 e. The molecule has 0 bridgehead atoms. The number of benzene rings is 2. The predicted molar refractivity (Wildman–Crippen MR) is 97.2 cm³/mol. The van der Waals surface area contributed by atoms with Crippen molar-refractivity contribution in [3.05, 3.63) is 57.1 Å². The molecule has 2 heterocycles. The van der Waals surface area contributed by atoms with Crippen LogP contribution in [-0.2, 0) is 11.3 Å². The van der Waals surface area contributed by atoms with E-state index in [1.807, 2.05) is 0 Å². The molecule has 0 saturated heterocycles. The van der Waals surface area contributed by atoms with Crippen LogP contribution in [0.25, 0.3) is 10.9 Å². The van der Waals surface area contributed by atoms with Gasteiger partial charge in [0, 0.05) is 16.8 Å². The third-order valence-corrected chi connectivity index (χ3v) is 4.32. The van der Waals surface area contributed by atoms with Crippen molar-refractivity contribution in [3.63, 3.8) is 0 Å². The summed E-state index contributed by atoms with van der Waals surface area (Å²) in [6, 6.07) is 8.03. The highest BCUT2D eigenvalue weighted by Gasteiger charge is 2.15. The molecule has 1 N–H and O–H groups in total. The molecule has 0 aliphatic carbocycles. The number of nitrogens with zero attached hydrogens (tertiary/aromatic N) is 2. The van der Waals surface area contributed by atoms with Gasteiger partial charge >= 0.3 is 0 Å². The van der Waals surface area contributed by atoms with Crippen molar-refractivity contribution in [3.8, 4) is 11.5 Å². The summed E-state index contributed by atoms with van der Waals surface area (Å²) in [5.74, 6) is 0.781. The average Bonchev–Trinajstić information content (AvgIpc) is 3.05. The topological polar surface area (TPSA) is 82.5 Å². The second-order valence-electron chi connectivity index (χ2n) is 5.58. The van der Waals surface area contributed by atoms with Crippen LogP contribution >= 0.6 is 23.2 Å². The monoisotopic (exact) mass is 391 g/mol. The average molecular weight is 392 g/mol. The van der Waals surface area contributed by atoms with Crippen LogP contribution in [0.3, 0.4) is 0 Å². The minimum Gasteiger partial charge on any atom is -0.454 e. The van der Waals surface area contributed by atoms with Crippen LogP contribution in [0.4, 0.5) is 5.69 Å². The van der Waals surface area contributed by atoms with Crippen molar-refractivity contribution >= 4 is 45.7 Å². The van der Waals surface area contributed by atoms with E-state index in [1.165, 1.54) is 23.0 Å². The first-order chi connectivity index (χ1) is 12.5. The van der Waals surface area contributed by atoms with Crippen LogP contribution in [-0.4, -0.2) is 22.3 Å². The van der Waals surface area contributed by atoms with Gasteiger partial charge in [0.05, 0.1) is 22.3 Å². The van der Waals surface area contributed by atoms with E-state index in [1.54, 1.807) is 18.2 Å². The third-order valence-electron chi connectivity index (χ3n) is 3.82. The van der Waals surface area contributed by atoms with Crippen molar-refractivity contribution < 1.29 is 14.3 Å². The highest BCUT2D eigenvalue weighted by atomic mass is 35.5. The lowest BCUT2D eigenvalue weighted by atomic mass is 10.2. The lowest BCUT2D eigenvalue weighted by Crippen LogP contribution is -2.28. The van der Waals surface area contributed by atoms with E-state index in [0.29, 0.717) is 27.7 Å². The van der Waals surface area contributed by atoms with Crippen LogP contribution in [0.2, 0.25) is 10.0 Å². The van der Waals surface area contributed by atoms with E-state index < -0.39 is 5.56 Å². The van der Waals surface area contributed by atoms with Gasteiger partial charge in [-0.25, -0.2) is 4.98 Å². The van der Waals surface area contributed by atoms with Gasteiger partial charge in [-0.2, -0.15) is 0 Å². The quantitative estimate of drug-likeness (QED) is 0.741. The molecule has 0 radical (unpaired) electrons. The van der Waals surface area contributed by atoms with E-state index in [2.05, 4.69) is 10.3 Å². The summed E-state index contributed by atoms with van der Waals surface area (Å²) in [5.41, 5.74) is 0.473. The van der Waals surface area contributed by atoms with Gasteiger partial charge in [-0.05, 0) is 24.3 Å². The minimum atomic E-state index is -0.403. The SMILES string of the molecule is O=C(Cn1cnc2c(Cl)cc(Cl)cc2c1=O)Nc1ccc2c(c1)OCO2. The lowest BCUT2D eigenvalue weighted by Gasteiger charge is -2.09. The third kappa shape index (κ3) is 3.07. The Balaban J connectivity index is 1.58. The lowest BCUT2D eigenvalue weighted by molar-refractivity contribution is -0.116. The number of amides is 1. The Bertz CT molecular complexity index is 1100. The van der Waals surface area contributed by atoms with E-state index in [9.17, 15) is 9.59 Å². The van der Waals surface area contributed by atoms with Crippen LogP contribution in [0.15, 0.2) is 41.5 Å². The predicted octanol–water partition coefficient (Wildman–Crippen LogP) is 3.07. The first-order valence-corrected chi connectivity index (χ1v) is 8.30. The Morgan fingerprint density at radius 2 is 2.00 bits per heavy atom. The van der Waals surface area contributed by atoms with Gasteiger partial charge in [0.15, 0.2) is 11.5 Å². The fourth-order valence-electron chi connectivity index (χ4n) is 2.64. The van der Waals surface area contributed by atoms with E-state index in [0.717, 1.165) is 0 Å². The van der Waals surface area contributed by atoms with Crippen LogP contribution in [0, 0.1) is 0 Å². The Morgan fingerprint density at radius 3 is 2.85 bits per heavy atom. The number of halogens is 2. The van der Waals surface area contributed by atoms with Crippen molar-refractivity contribution in [2.75, 3.05) is 12.1 Å². The first-order valence-electron chi connectivity index (χ1n) is 7.55. The summed E-state index contributed by atoms with van der Waals surface area (Å²) < 4.78 is 11.7. The molecule has 1 aliphatic heterocycles. The molecule has 3 aromatic rings. The summed E-state index contributed by atoms with van der Waals surface area (Å²) >= 11 is 12.0. The molecule has 1 aliphatic rings. The van der Waals surface area contributed by atoms with E-state index in [4.69, 9.17) is 32.7 Å². The summed E-state index contributed by atoms with van der Waals surface area (Å²) in [5, 5.41) is 3.56. The van der Waals surface area contributed by atoms with Gasteiger partial charge in [0.2, 0.25) is 12.7 Å². The molecule has 2 aromatic carbocycles. The molecular weight excluding hydrogens is 381 g/mol. The summed E-state index contributed by atoms with van der Waals surface area (Å²) in [6.45, 7) is -0.0592. The normalized spacial score (nSPS) is 12.4. The standard InChI is InChI=1S/C17H11Cl2N3O4/c18-9-3-11-16(12(19)4-9)20-7-22(17(11)24)6-15(23)21-10-1-2-13-14(5-10)26-8-25-13/h1-5,7H,6,8H2,(H,21,23). The molecule has 0 atom stereocenters. The molecule has 1 aromatic heterocycles. The number of hydrogen-bond acceptors (Lipinski definition) is 5. The number of carbonyl (C=O) groups is 1. The number of ether oxygens (including phenoxy) is 2. The van der Waals surface area contributed by atoms with Gasteiger partial charge in [-0.3, -0.25) is 14.2 Å². The molecule has 0 saturated carbocycles. The van der Waals surface area contributed by atoms with Crippen molar-refractivity contribution in [2.24, 2.45) is 0 Å². The van der Waals surface area contributed by atoms with Gasteiger partial charge in [-0.15, -0.1) is 0 Å². The molecule has 9 heteroatoms. The second kappa shape index (κ2) is 6.51. The van der Waals surface area contributed by atoms with Gasteiger partial charge in [0.1, 0.15) is 6.54 Å². The Hall–Kier alpha value is -2.77. The summed E-state index contributed by atoms with van der Waals surface area (Å²) in [7, 11) is 0.